The van der Waals surface area contributed by atoms with Crippen molar-refractivity contribution in [2.24, 2.45) is 0 Å². The zero-order chi connectivity index (χ0) is 9.68. The molecular formula is C11H11O2. The molecule has 1 aromatic rings. The molecule has 0 fully saturated rings. The van der Waals surface area contributed by atoms with Gasteiger partial charge < -0.3 is 4.74 Å². The lowest BCUT2D eigenvalue weighted by molar-refractivity contribution is -0.141. The molecule has 0 N–H and O–H groups in total. The summed E-state index contributed by atoms with van der Waals surface area (Å²) in [6.07, 6.45) is 0.660. The van der Waals surface area contributed by atoms with Crippen molar-refractivity contribution in [3.8, 4) is 0 Å². The van der Waals surface area contributed by atoms with Gasteiger partial charge in [-0.25, -0.2) is 4.79 Å². The highest BCUT2D eigenvalue weighted by Crippen LogP contribution is 2.15. The SMILES string of the molecule is [CH2]C(OC(=O)C=C)c1ccccc1. The van der Waals surface area contributed by atoms with Crippen molar-refractivity contribution < 1.29 is 9.53 Å². The highest BCUT2D eigenvalue weighted by atomic mass is 16.5. The van der Waals surface area contributed by atoms with E-state index in [9.17, 15) is 4.79 Å². The summed E-state index contributed by atoms with van der Waals surface area (Å²) in [5, 5.41) is 0. The molecule has 1 unspecified atom stereocenters. The summed E-state index contributed by atoms with van der Waals surface area (Å²) in [6, 6.07) is 9.35. The van der Waals surface area contributed by atoms with Crippen molar-refractivity contribution in [3.05, 3.63) is 55.5 Å². The fourth-order valence-electron chi connectivity index (χ4n) is 0.924. The summed E-state index contributed by atoms with van der Waals surface area (Å²) in [5.41, 5.74) is 0.873. The van der Waals surface area contributed by atoms with Crippen molar-refractivity contribution in [1.29, 1.82) is 0 Å². The zero-order valence-electron chi connectivity index (χ0n) is 7.27. The van der Waals surface area contributed by atoms with Crippen molar-refractivity contribution in [2.45, 2.75) is 6.10 Å². The number of ether oxygens (including phenoxy) is 1. The standard InChI is InChI=1S/C11H11O2/c1-3-11(12)13-9(2)10-7-5-4-6-8-10/h3-9H,1-2H2. The van der Waals surface area contributed by atoms with E-state index in [1.54, 1.807) is 0 Å². The number of benzene rings is 1. The summed E-state index contributed by atoms with van der Waals surface area (Å²) in [6.45, 7) is 7.01. The van der Waals surface area contributed by atoms with Crippen LogP contribution in [0.25, 0.3) is 0 Å². The van der Waals surface area contributed by atoms with Crippen molar-refractivity contribution in [2.75, 3.05) is 0 Å². The van der Waals surface area contributed by atoms with E-state index >= 15 is 0 Å². The van der Waals surface area contributed by atoms with Crippen LogP contribution in [0.4, 0.5) is 0 Å². The number of hydrogen-bond acceptors (Lipinski definition) is 2. The van der Waals surface area contributed by atoms with E-state index in [1.807, 2.05) is 30.3 Å². The molecular weight excluding hydrogens is 164 g/mol. The number of rotatable bonds is 3. The second-order valence-corrected chi connectivity index (χ2v) is 2.54. The van der Waals surface area contributed by atoms with Gasteiger partial charge >= 0.3 is 5.97 Å². The number of carbonyl (C=O) groups is 1. The molecule has 0 aromatic heterocycles. The predicted octanol–water partition coefficient (Wildman–Crippen LogP) is 2.29. The molecule has 0 spiro atoms. The van der Waals surface area contributed by atoms with Crippen LogP contribution >= 0.6 is 0 Å². The molecule has 2 heteroatoms. The molecule has 0 heterocycles. The van der Waals surface area contributed by atoms with E-state index in [4.69, 9.17) is 4.74 Å². The summed E-state index contributed by atoms with van der Waals surface area (Å²) >= 11 is 0. The first-order valence-electron chi connectivity index (χ1n) is 3.95. The lowest BCUT2D eigenvalue weighted by Gasteiger charge is -2.11. The minimum Gasteiger partial charge on any atom is -0.454 e. The summed E-state index contributed by atoms with van der Waals surface area (Å²) in [5.74, 6) is -0.455. The van der Waals surface area contributed by atoms with E-state index in [2.05, 4.69) is 13.5 Å². The molecule has 0 aliphatic rings. The van der Waals surface area contributed by atoms with Gasteiger partial charge in [0.1, 0.15) is 6.10 Å². The van der Waals surface area contributed by atoms with Gasteiger partial charge in [0.05, 0.1) is 0 Å². The van der Waals surface area contributed by atoms with Gasteiger partial charge in [-0.05, 0) is 12.5 Å². The number of esters is 1. The van der Waals surface area contributed by atoms with E-state index in [-0.39, 0.29) is 0 Å². The average Bonchev–Trinajstić information content (AvgIpc) is 2.19. The van der Waals surface area contributed by atoms with Crippen LogP contribution in [0.5, 0.6) is 0 Å². The van der Waals surface area contributed by atoms with Crippen LogP contribution < -0.4 is 0 Å². The molecule has 0 aliphatic heterocycles. The zero-order valence-corrected chi connectivity index (χ0v) is 7.27. The lowest BCUT2D eigenvalue weighted by atomic mass is 10.1. The maximum Gasteiger partial charge on any atom is 0.330 e. The number of carbonyl (C=O) groups excluding carboxylic acids is 1. The average molecular weight is 175 g/mol. The van der Waals surface area contributed by atoms with Gasteiger partial charge in [0.2, 0.25) is 0 Å². The van der Waals surface area contributed by atoms with Crippen molar-refractivity contribution >= 4 is 5.97 Å². The maximum atomic E-state index is 10.8. The van der Waals surface area contributed by atoms with Crippen molar-refractivity contribution in [1.82, 2.24) is 0 Å². The Hall–Kier alpha value is -1.57. The Morgan fingerprint density at radius 1 is 1.38 bits per heavy atom. The first kappa shape index (κ1) is 9.52. The van der Waals surface area contributed by atoms with Crippen molar-refractivity contribution in [3.63, 3.8) is 0 Å². The molecule has 1 atom stereocenters. The Morgan fingerprint density at radius 3 is 2.54 bits per heavy atom. The van der Waals surface area contributed by atoms with Gasteiger partial charge in [0, 0.05) is 6.08 Å². The monoisotopic (exact) mass is 175 g/mol. The van der Waals surface area contributed by atoms with Crippen LogP contribution in [0.2, 0.25) is 0 Å². The second kappa shape index (κ2) is 4.45. The summed E-state index contributed by atoms with van der Waals surface area (Å²) in [7, 11) is 0. The highest BCUT2D eigenvalue weighted by Gasteiger charge is 2.07. The quantitative estimate of drug-likeness (QED) is 0.520. The number of hydrogen-bond donors (Lipinski definition) is 0. The van der Waals surface area contributed by atoms with Gasteiger partial charge in [-0.3, -0.25) is 0 Å². The molecule has 0 saturated carbocycles. The Labute approximate surface area is 77.8 Å². The largest absolute Gasteiger partial charge is 0.454 e. The highest BCUT2D eigenvalue weighted by molar-refractivity contribution is 5.81. The van der Waals surface area contributed by atoms with Crippen LogP contribution in [-0.4, -0.2) is 5.97 Å². The van der Waals surface area contributed by atoms with E-state index in [0.717, 1.165) is 11.6 Å². The molecule has 1 rings (SSSR count). The van der Waals surface area contributed by atoms with Gasteiger partial charge in [-0.2, -0.15) is 0 Å². The third-order valence-electron chi connectivity index (χ3n) is 1.60. The van der Waals surface area contributed by atoms with E-state index < -0.39 is 12.1 Å². The van der Waals surface area contributed by atoms with Crippen LogP contribution in [0.3, 0.4) is 0 Å². The second-order valence-electron chi connectivity index (χ2n) is 2.54. The lowest BCUT2D eigenvalue weighted by Crippen LogP contribution is -2.05. The molecule has 0 amide bonds. The normalized spacial score (nSPS) is 11.8. The van der Waals surface area contributed by atoms with Gasteiger partial charge in [0.25, 0.3) is 0 Å². The van der Waals surface area contributed by atoms with Crippen LogP contribution in [0.1, 0.15) is 11.7 Å². The Kier molecular flexibility index (Phi) is 3.26. The molecule has 2 nitrogen and oxygen atoms in total. The molecule has 1 aromatic carbocycles. The Bertz CT molecular complexity index is 290. The predicted molar refractivity (Wildman–Crippen MR) is 50.8 cm³/mol. The van der Waals surface area contributed by atoms with E-state index in [0.29, 0.717) is 0 Å². The Morgan fingerprint density at radius 2 is 2.00 bits per heavy atom. The molecule has 1 radical (unpaired) electrons. The minimum absolute atomic E-state index is 0.455. The van der Waals surface area contributed by atoms with Gasteiger partial charge in [-0.15, -0.1) is 0 Å². The molecule has 13 heavy (non-hydrogen) atoms. The molecule has 0 bridgehead atoms. The summed E-state index contributed by atoms with van der Waals surface area (Å²) < 4.78 is 4.92. The van der Waals surface area contributed by atoms with Crippen LogP contribution in [0.15, 0.2) is 43.0 Å². The van der Waals surface area contributed by atoms with E-state index in [1.165, 1.54) is 0 Å². The fourth-order valence-corrected chi connectivity index (χ4v) is 0.924. The first-order chi connectivity index (χ1) is 6.24. The van der Waals surface area contributed by atoms with Gasteiger partial charge in [-0.1, -0.05) is 36.9 Å². The fraction of sp³-hybridized carbons (Fsp3) is 0.0909. The molecule has 67 valence electrons. The Balaban J connectivity index is 2.63. The smallest absolute Gasteiger partial charge is 0.330 e. The third-order valence-corrected chi connectivity index (χ3v) is 1.60. The topological polar surface area (TPSA) is 26.3 Å². The third kappa shape index (κ3) is 2.75. The molecule has 0 saturated heterocycles. The maximum absolute atomic E-state index is 10.8. The van der Waals surface area contributed by atoms with Crippen LogP contribution in [0, 0.1) is 6.92 Å². The van der Waals surface area contributed by atoms with Gasteiger partial charge in [0.15, 0.2) is 0 Å². The minimum atomic E-state index is -0.466. The molecule has 0 aliphatic carbocycles. The van der Waals surface area contributed by atoms with Crippen LogP contribution in [-0.2, 0) is 9.53 Å². The first-order valence-corrected chi connectivity index (χ1v) is 3.95. The summed E-state index contributed by atoms with van der Waals surface area (Å²) in [4.78, 5) is 10.8.